The third-order valence-corrected chi connectivity index (χ3v) is 1.25. The average molecular weight is 182 g/mol. The van der Waals surface area contributed by atoms with Gasteiger partial charge in [-0.05, 0) is 20.0 Å². The second-order valence-corrected chi connectivity index (χ2v) is 2.44. The predicted octanol–water partition coefficient (Wildman–Crippen LogP) is -0.187. The van der Waals surface area contributed by atoms with Crippen LogP contribution in [0.5, 0.6) is 0 Å². The summed E-state index contributed by atoms with van der Waals surface area (Å²) in [6.45, 7) is 6.61. The van der Waals surface area contributed by atoms with Crippen molar-refractivity contribution in [2.75, 3.05) is 0 Å². The van der Waals surface area contributed by atoms with Gasteiger partial charge in [-0.1, -0.05) is 6.58 Å². The first-order chi connectivity index (χ1) is 5.99. The van der Waals surface area contributed by atoms with Gasteiger partial charge in [0.1, 0.15) is 5.82 Å². The van der Waals surface area contributed by atoms with Crippen LogP contribution in [0, 0.1) is 0 Å². The van der Waals surface area contributed by atoms with Crippen LogP contribution in [0.3, 0.4) is 0 Å². The number of nitrogens with two attached hydrogens (primary N) is 2. The molecule has 0 unspecified atom stereocenters. The van der Waals surface area contributed by atoms with Crippen molar-refractivity contribution >= 4 is 11.7 Å². The molecular weight excluding hydrogens is 168 g/mol. The Labute approximate surface area is 77.2 Å². The summed E-state index contributed by atoms with van der Waals surface area (Å²) in [6, 6.07) is 0. The van der Waals surface area contributed by atoms with E-state index in [4.69, 9.17) is 11.5 Å². The van der Waals surface area contributed by atoms with E-state index >= 15 is 0 Å². The third-order valence-electron chi connectivity index (χ3n) is 1.25. The highest BCUT2D eigenvalue weighted by Gasteiger charge is 2.04. The Hall–Kier alpha value is -1.78. The molecule has 0 aromatic carbocycles. The molecule has 0 fully saturated rings. The third kappa shape index (κ3) is 3.95. The smallest absolute Gasteiger partial charge is 0.248 e. The molecular formula is C8H14N4O. The molecule has 0 saturated carbocycles. The molecule has 1 amide bonds. The summed E-state index contributed by atoms with van der Waals surface area (Å²) in [7, 11) is 0. The number of carbonyl (C=O) groups is 1. The van der Waals surface area contributed by atoms with Crippen molar-refractivity contribution in [3.05, 3.63) is 24.2 Å². The molecule has 0 aliphatic rings. The monoisotopic (exact) mass is 182 g/mol. The molecule has 5 nitrogen and oxygen atoms in total. The van der Waals surface area contributed by atoms with Crippen molar-refractivity contribution in [2.45, 2.75) is 13.8 Å². The highest BCUT2D eigenvalue weighted by Crippen LogP contribution is 2.01. The summed E-state index contributed by atoms with van der Waals surface area (Å²) in [6.07, 6.45) is 1.40. The molecule has 0 spiro atoms. The second-order valence-electron chi connectivity index (χ2n) is 2.44. The van der Waals surface area contributed by atoms with Crippen LogP contribution in [0.25, 0.3) is 0 Å². The fourth-order valence-corrected chi connectivity index (χ4v) is 0.614. The Bertz CT molecular complexity index is 274. The minimum absolute atomic E-state index is 0.310. The fourth-order valence-electron chi connectivity index (χ4n) is 0.614. The van der Waals surface area contributed by atoms with E-state index in [1.807, 2.05) is 0 Å². The first-order valence-electron chi connectivity index (χ1n) is 3.68. The number of primary amides is 1. The van der Waals surface area contributed by atoms with Crippen LogP contribution in [-0.4, -0.2) is 11.7 Å². The lowest BCUT2D eigenvalue weighted by Crippen LogP contribution is -2.19. The maximum absolute atomic E-state index is 10.8. The van der Waals surface area contributed by atoms with Gasteiger partial charge >= 0.3 is 0 Å². The molecule has 5 heteroatoms. The number of rotatable bonds is 4. The van der Waals surface area contributed by atoms with Crippen LogP contribution in [0.4, 0.5) is 0 Å². The zero-order chi connectivity index (χ0) is 10.4. The van der Waals surface area contributed by atoms with Gasteiger partial charge in [-0.25, -0.2) is 4.99 Å². The van der Waals surface area contributed by atoms with Crippen molar-refractivity contribution in [1.29, 1.82) is 0 Å². The predicted molar refractivity (Wildman–Crippen MR) is 52.5 cm³/mol. The maximum atomic E-state index is 10.8. The minimum Gasteiger partial charge on any atom is -0.387 e. The number of amidine groups is 1. The molecule has 0 saturated heterocycles. The molecule has 0 heterocycles. The van der Waals surface area contributed by atoms with E-state index in [1.54, 1.807) is 13.8 Å². The van der Waals surface area contributed by atoms with Gasteiger partial charge in [0.25, 0.3) is 0 Å². The van der Waals surface area contributed by atoms with Gasteiger partial charge in [-0.3, -0.25) is 4.79 Å². The molecule has 0 aromatic rings. The summed E-state index contributed by atoms with van der Waals surface area (Å²) in [4.78, 5) is 14.7. The molecule has 0 bridgehead atoms. The van der Waals surface area contributed by atoms with Gasteiger partial charge in [0.15, 0.2) is 0 Å². The van der Waals surface area contributed by atoms with Crippen LogP contribution >= 0.6 is 0 Å². The molecule has 0 rings (SSSR count). The molecule has 0 aliphatic heterocycles. The Morgan fingerprint density at radius 3 is 2.31 bits per heavy atom. The van der Waals surface area contributed by atoms with E-state index in [1.165, 1.54) is 6.20 Å². The molecule has 5 N–H and O–H groups in total. The van der Waals surface area contributed by atoms with Crippen LogP contribution in [-0.2, 0) is 4.79 Å². The van der Waals surface area contributed by atoms with Gasteiger partial charge in [-0.2, -0.15) is 0 Å². The van der Waals surface area contributed by atoms with Crippen molar-refractivity contribution in [2.24, 2.45) is 16.5 Å². The first kappa shape index (κ1) is 11.2. The highest BCUT2D eigenvalue weighted by atomic mass is 16.1. The van der Waals surface area contributed by atoms with Crippen molar-refractivity contribution in [1.82, 2.24) is 5.32 Å². The fraction of sp³-hybridized carbons (Fsp3) is 0.250. The number of nitrogens with one attached hydrogen (secondary N) is 1. The SMILES string of the molecule is C=CN/C(N=C(C)N)=C(\C)C(N)=O. The van der Waals surface area contributed by atoms with E-state index in [-0.39, 0.29) is 0 Å². The van der Waals surface area contributed by atoms with E-state index in [9.17, 15) is 4.79 Å². The normalized spacial score (nSPS) is 13.2. The van der Waals surface area contributed by atoms with Gasteiger partial charge < -0.3 is 16.8 Å². The van der Waals surface area contributed by atoms with E-state index in [0.717, 1.165) is 0 Å². The number of nitrogens with zero attached hydrogens (tertiary/aromatic N) is 1. The Kier molecular flexibility index (Phi) is 4.29. The van der Waals surface area contributed by atoms with Gasteiger partial charge in [0, 0.05) is 0 Å². The molecule has 0 aliphatic carbocycles. The van der Waals surface area contributed by atoms with Crippen LogP contribution < -0.4 is 16.8 Å². The van der Waals surface area contributed by atoms with Crippen LogP contribution in [0.1, 0.15) is 13.8 Å². The van der Waals surface area contributed by atoms with E-state index in [0.29, 0.717) is 17.2 Å². The Morgan fingerprint density at radius 1 is 1.46 bits per heavy atom. The van der Waals surface area contributed by atoms with E-state index in [2.05, 4.69) is 16.9 Å². The van der Waals surface area contributed by atoms with Crippen LogP contribution in [0.2, 0.25) is 0 Å². The summed E-state index contributed by atoms with van der Waals surface area (Å²) in [5, 5.41) is 2.67. The number of carbonyl (C=O) groups excluding carboxylic acids is 1. The topological polar surface area (TPSA) is 93.5 Å². The summed E-state index contributed by atoms with van der Waals surface area (Å²) < 4.78 is 0. The second kappa shape index (κ2) is 4.97. The molecule has 72 valence electrons. The van der Waals surface area contributed by atoms with Gasteiger partial charge in [0.05, 0.1) is 11.4 Å². The summed E-state index contributed by atoms with van der Waals surface area (Å²) in [5.74, 6) is 0.113. The first-order valence-corrected chi connectivity index (χ1v) is 3.68. The lowest BCUT2D eigenvalue weighted by Gasteiger charge is -2.04. The number of aliphatic imine (C=N–C) groups is 1. The standard InChI is InChI=1S/C8H14N4O/c1-4-11-8(12-6(3)9)5(2)7(10)13/h4,11H,1H2,2-3H3,(H2,9,12)(H2,10,13)/b8-5-. The lowest BCUT2D eigenvalue weighted by atomic mass is 10.3. The van der Waals surface area contributed by atoms with Crippen LogP contribution in [0.15, 0.2) is 29.2 Å². The molecule has 0 atom stereocenters. The van der Waals surface area contributed by atoms with Crippen molar-refractivity contribution in [3.63, 3.8) is 0 Å². The zero-order valence-electron chi connectivity index (χ0n) is 7.79. The molecule has 0 radical (unpaired) electrons. The number of hydrogen-bond acceptors (Lipinski definition) is 3. The minimum atomic E-state index is -0.547. The van der Waals surface area contributed by atoms with Crippen molar-refractivity contribution < 1.29 is 4.79 Å². The lowest BCUT2D eigenvalue weighted by molar-refractivity contribution is -0.114. The molecule has 13 heavy (non-hydrogen) atoms. The van der Waals surface area contributed by atoms with Crippen molar-refractivity contribution in [3.8, 4) is 0 Å². The Morgan fingerprint density at radius 2 is 2.00 bits per heavy atom. The molecule has 0 aromatic heterocycles. The highest BCUT2D eigenvalue weighted by molar-refractivity contribution is 5.92. The van der Waals surface area contributed by atoms with Gasteiger partial charge in [-0.15, -0.1) is 0 Å². The average Bonchev–Trinajstić information content (AvgIpc) is 2.01. The number of amides is 1. The summed E-state index contributed by atoms with van der Waals surface area (Å²) >= 11 is 0. The van der Waals surface area contributed by atoms with E-state index < -0.39 is 5.91 Å². The zero-order valence-corrected chi connectivity index (χ0v) is 7.79. The quantitative estimate of drug-likeness (QED) is 0.319. The number of hydrogen-bond donors (Lipinski definition) is 3. The summed E-state index contributed by atoms with van der Waals surface area (Å²) in [5.41, 5.74) is 10.7. The Balaban J connectivity index is 4.99. The largest absolute Gasteiger partial charge is 0.387 e. The maximum Gasteiger partial charge on any atom is 0.248 e. The van der Waals surface area contributed by atoms with Gasteiger partial charge in [0.2, 0.25) is 5.91 Å².